The summed E-state index contributed by atoms with van der Waals surface area (Å²) in [4.78, 5) is 17.0. The maximum absolute atomic E-state index is 13.6. The number of nitrogens with one attached hydrogen (secondary N) is 3. The van der Waals surface area contributed by atoms with E-state index in [0.717, 1.165) is 65.2 Å². The van der Waals surface area contributed by atoms with Gasteiger partial charge in [0.2, 0.25) is 5.91 Å². The first-order valence-electron chi connectivity index (χ1n) is 14.0. The van der Waals surface area contributed by atoms with E-state index in [1.165, 1.54) is 0 Å². The van der Waals surface area contributed by atoms with Crippen molar-refractivity contribution in [1.29, 1.82) is 0 Å². The van der Waals surface area contributed by atoms with Crippen molar-refractivity contribution in [2.24, 2.45) is 5.92 Å². The lowest BCUT2D eigenvalue weighted by Crippen LogP contribution is -2.41. The van der Waals surface area contributed by atoms with Gasteiger partial charge in [0, 0.05) is 35.9 Å². The van der Waals surface area contributed by atoms with Gasteiger partial charge in [0.05, 0.1) is 22.6 Å². The predicted molar refractivity (Wildman–Crippen MR) is 163 cm³/mol. The Balaban J connectivity index is 1.40. The van der Waals surface area contributed by atoms with E-state index in [0.29, 0.717) is 29.4 Å². The zero-order valence-corrected chi connectivity index (χ0v) is 24.1. The van der Waals surface area contributed by atoms with Crippen LogP contribution in [0.4, 0.5) is 0 Å². The number of nitrogens with zero attached hydrogens (tertiary/aromatic N) is 3. The fourth-order valence-electron chi connectivity index (χ4n) is 5.61. The SMILES string of the molecule is O=C(N[C@H](Cc1c[nH]c2ccccc12)c1nnc(Cc2ccccc2)n1Cc1ccc(Cl)c(Cl)c1)C1CCNCC1. The summed E-state index contributed by atoms with van der Waals surface area (Å²) in [6.45, 7) is 2.19. The summed E-state index contributed by atoms with van der Waals surface area (Å²) in [5.74, 6) is 1.56. The maximum atomic E-state index is 13.6. The van der Waals surface area contributed by atoms with Gasteiger partial charge in [-0.25, -0.2) is 0 Å². The smallest absolute Gasteiger partial charge is 0.223 e. The number of piperidine rings is 1. The van der Waals surface area contributed by atoms with Gasteiger partial charge in [-0.1, -0.05) is 77.8 Å². The van der Waals surface area contributed by atoms with Crippen molar-refractivity contribution in [2.45, 2.75) is 38.3 Å². The van der Waals surface area contributed by atoms with Crippen molar-refractivity contribution in [3.05, 3.63) is 117 Å². The van der Waals surface area contributed by atoms with Gasteiger partial charge in [0.25, 0.3) is 0 Å². The Morgan fingerprint density at radius 2 is 1.73 bits per heavy atom. The van der Waals surface area contributed by atoms with E-state index >= 15 is 0 Å². The topological polar surface area (TPSA) is 87.6 Å². The fourth-order valence-corrected chi connectivity index (χ4v) is 5.93. The van der Waals surface area contributed by atoms with Crippen molar-refractivity contribution in [3.8, 4) is 0 Å². The molecule has 3 N–H and O–H groups in total. The van der Waals surface area contributed by atoms with Crippen molar-refractivity contribution in [2.75, 3.05) is 13.1 Å². The molecule has 1 saturated heterocycles. The van der Waals surface area contributed by atoms with Crippen molar-refractivity contribution >= 4 is 40.0 Å². The molecule has 41 heavy (non-hydrogen) atoms. The first-order valence-corrected chi connectivity index (χ1v) is 14.8. The minimum Gasteiger partial charge on any atom is -0.361 e. The molecule has 2 aromatic heterocycles. The molecule has 1 aliphatic heterocycles. The highest BCUT2D eigenvalue weighted by Crippen LogP contribution is 2.28. The Hall–Kier alpha value is -3.65. The summed E-state index contributed by atoms with van der Waals surface area (Å²) in [5.41, 5.74) is 4.29. The van der Waals surface area contributed by atoms with Gasteiger partial charge < -0.3 is 20.2 Å². The number of fused-ring (bicyclic) bond motifs is 1. The van der Waals surface area contributed by atoms with Crippen molar-refractivity contribution in [1.82, 2.24) is 30.4 Å². The molecule has 5 aromatic rings. The summed E-state index contributed by atoms with van der Waals surface area (Å²) < 4.78 is 2.12. The van der Waals surface area contributed by atoms with Gasteiger partial charge in [-0.05, 0) is 60.8 Å². The molecule has 1 amide bonds. The van der Waals surface area contributed by atoms with E-state index in [-0.39, 0.29) is 17.9 Å². The summed E-state index contributed by atoms with van der Waals surface area (Å²) in [6, 6.07) is 23.7. The van der Waals surface area contributed by atoms with Crippen LogP contribution in [0, 0.1) is 5.92 Å². The molecule has 0 unspecified atom stereocenters. The Kier molecular flexibility index (Phi) is 8.37. The van der Waals surface area contributed by atoms with Crippen LogP contribution >= 0.6 is 23.2 Å². The number of benzene rings is 3. The molecule has 3 aromatic carbocycles. The number of hydrogen-bond acceptors (Lipinski definition) is 4. The minimum absolute atomic E-state index is 0.0306. The normalized spacial score (nSPS) is 14.8. The van der Waals surface area contributed by atoms with Crippen LogP contribution in [0.2, 0.25) is 10.0 Å². The molecule has 210 valence electrons. The van der Waals surface area contributed by atoms with E-state index in [1.54, 1.807) is 0 Å². The maximum Gasteiger partial charge on any atom is 0.223 e. The molecular formula is C32H32Cl2N6O. The van der Waals surface area contributed by atoms with Gasteiger partial charge in [0.1, 0.15) is 5.82 Å². The highest BCUT2D eigenvalue weighted by molar-refractivity contribution is 6.42. The summed E-state index contributed by atoms with van der Waals surface area (Å²) >= 11 is 12.6. The molecule has 0 spiro atoms. The zero-order chi connectivity index (χ0) is 28.2. The molecule has 0 bridgehead atoms. The number of rotatable bonds is 9. The molecule has 9 heteroatoms. The number of amides is 1. The quantitative estimate of drug-likeness (QED) is 0.194. The van der Waals surface area contributed by atoms with Crippen LogP contribution in [0.3, 0.4) is 0 Å². The standard InChI is InChI=1S/C32H32Cl2N6O/c33-26-11-10-22(16-27(26)34)20-40-30(17-21-6-2-1-3-7-21)38-39-31(40)29(37-32(41)23-12-14-35-15-13-23)18-24-19-36-28-9-5-4-8-25(24)28/h1-11,16,19,23,29,35-36H,12-15,17-18,20H2,(H,37,41)/t29-/m1/s1. The van der Waals surface area contributed by atoms with E-state index in [9.17, 15) is 4.79 Å². The number of aromatic amines is 1. The lowest BCUT2D eigenvalue weighted by molar-refractivity contribution is -0.126. The van der Waals surface area contributed by atoms with Crippen LogP contribution in [-0.4, -0.2) is 38.7 Å². The summed E-state index contributed by atoms with van der Waals surface area (Å²) in [7, 11) is 0. The number of aromatic nitrogens is 4. The summed E-state index contributed by atoms with van der Waals surface area (Å²) in [6.07, 6.45) is 4.85. The number of carbonyl (C=O) groups is 1. The molecule has 1 aliphatic rings. The molecule has 0 radical (unpaired) electrons. The molecular weight excluding hydrogens is 555 g/mol. The number of carbonyl (C=O) groups excluding carboxylic acids is 1. The fraction of sp³-hybridized carbons (Fsp3) is 0.281. The largest absolute Gasteiger partial charge is 0.361 e. The molecule has 7 nitrogen and oxygen atoms in total. The van der Waals surface area contributed by atoms with E-state index in [1.807, 2.05) is 54.7 Å². The molecule has 0 aliphatic carbocycles. The number of hydrogen-bond donors (Lipinski definition) is 3. The third-order valence-corrected chi connectivity index (χ3v) is 8.56. The van der Waals surface area contributed by atoms with Crippen LogP contribution in [0.5, 0.6) is 0 Å². The molecule has 6 rings (SSSR count). The van der Waals surface area contributed by atoms with Crippen molar-refractivity contribution < 1.29 is 4.79 Å². The second kappa shape index (κ2) is 12.5. The van der Waals surface area contributed by atoms with Gasteiger partial charge in [-0.2, -0.15) is 0 Å². The van der Waals surface area contributed by atoms with Gasteiger partial charge >= 0.3 is 0 Å². The van der Waals surface area contributed by atoms with E-state index in [2.05, 4.69) is 49.5 Å². The highest BCUT2D eigenvalue weighted by Gasteiger charge is 2.28. The van der Waals surface area contributed by atoms with Gasteiger partial charge in [-0.3, -0.25) is 4.79 Å². The van der Waals surface area contributed by atoms with Crippen molar-refractivity contribution in [3.63, 3.8) is 0 Å². The Morgan fingerprint density at radius 1 is 0.951 bits per heavy atom. The lowest BCUT2D eigenvalue weighted by Gasteiger charge is -2.26. The minimum atomic E-state index is -0.378. The van der Waals surface area contributed by atoms with Gasteiger partial charge in [-0.15, -0.1) is 10.2 Å². The zero-order valence-electron chi connectivity index (χ0n) is 22.6. The number of H-pyrrole nitrogens is 1. The van der Waals surface area contributed by atoms with Crippen LogP contribution in [-0.2, 0) is 24.2 Å². The molecule has 3 heterocycles. The molecule has 1 fully saturated rings. The number of halogens is 2. The Morgan fingerprint density at radius 3 is 2.54 bits per heavy atom. The van der Waals surface area contributed by atoms with Crippen LogP contribution in [0.15, 0.2) is 79.0 Å². The highest BCUT2D eigenvalue weighted by atomic mass is 35.5. The predicted octanol–water partition coefficient (Wildman–Crippen LogP) is 6.10. The Labute approximate surface area is 249 Å². The first kappa shape index (κ1) is 27.5. The average molecular weight is 588 g/mol. The van der Waals surface area contributed by atoms with Crippen LogP contribution in [0.1, 0.15) is 47.2 Å². The van der Waals surface area contributed by atoms with E-state index in [4.69, 9.17) is 28.3 Å². The second-order valence-corrected chi connectivity index (χ2v) is 11.4. The van der Waals surface area contributed by atoms with Crippen LogP contribution < -0.4 is 10.6 Å². The first-order chi connectivity index (χ1) is 20.0. The second-order valence-electron chi connectivity index (χ2n) is 10.6. The monoisotopic (exact) mass is 586 g/mol. The van der Waals surface area contributed by atoms with Gasteiger partial charge in [0.15, 0.2) is 5.82 Å². The molecule has 1 atom stereocenters. The number of para-hydroxylation sites is 1. The Bertz CT molecular complexity index is 1640. The average Bonchev–Trinajstić information content (AvgIpc) is 3.59. The third-order valence-electron chi connectivity index (χ3n) is 7.82. The van der Waals surface area contributed by atoms with Crippen LogP contribution in [0.25, 0.3) is 10.9 Å². The molecule has 0 saturated carbocycles. The summed E-state index contributed by atoms with van der Waals surface area (Å²) in [5, 5.41) is 18.3. The van der Waals surface area contributed by atoms with E-state index < -0.39 is 0 Å². The lowest BCUT2D eigenvalue weighted by atomic mass is 9.96. The third kappa shape index (κ3) is 6.32.